The molecule has 1 aromatic rings. The van der Waals surface area contributed by atoms with Crippen molar-refractivity contribution in [3.8, 4) is 5.75 Å². The van der Waals surface area contributed by atoms with Gasteiger partial charge in [-0.25, -0.2) is 0 Å². The van der Waals surface area contributed by atoms with Gasteiger partial charge in [-0.2, -0.15) is 0 Å². The molecule has 0 saturated heterocycles. The summed E-state index contributed by atoms with van der Waals surface area (Å²) in [6.45, 7) is -4.02. The van der Waals surface area contributed by atoms with Gasteiger partial charge in [-0.05, 0) is 23.3 Å². The van der Waals surface area contributed by atoms with Crippen molar-refractivity contribution >= 4 is 35.5 Å². The van der Waals surface area contributed by atoms with Crippen molar-refractivity contribution in [2.75, 3.05) is 26.2 Å². The van der Waals surface area contributed by atoms with E-state index in [1.807, 2.05) is 0 Å². The first-order valence-corrected chi connectivity index (χ1v) is 8.08. The molecule has 0 heterocycles. The Morgan fingerprint density at radius 2 is 0.775 bits per heavy atom. The molecular weight excluding hydrogens is 694 g/mol. The average molecular weight is 726 g/mol. The Morgan fingerprint density at radius 3 is 0.950 bits per heavy atom. The molecule has 0 aliphatic carbocycles. The van der Waals surface area contributed by atoms with E-state index in [0.717, 1.165) is 9.80 Å². The first-order chi connectivity index (χ1) is 13.0. The minimum atomic E-state index is -1.58. The van der Waals surface area contributed by atoms with Gasteiger partial charge in [-0.3, -0.25) is 9.80 Å². The van der Waals surface area contributed by atoms with E-state index in [4.69, 9.17) is 11.6 Å². The number of carbonyl (C=O) groups is 4. The van der Waals surface area contributed by atoms with Gasteiger partial charge in [0, 0.05) is 44.3 Å². The summed E-state index contributed by atoms with van der Waals surface area (Å²) in [6.07, 6.45) is 0. The third-order valence-corrected chi connectivity index (χ3v) is 3.62. The second-order valence-corrected chi connectivity index (χ2v) is 6.27. The Kier molecular flexibility index (Phi) is 72.9. The van der Waals surface area contributed by atoms with Crippen molar-refractivity contribution in [2.24, 2.45) is 0 Å². The maximum atomic E-state index is 12.6. The van der Waals surface area contributed by atoms with Crippen LogP contribution in [0.2, 0.25) is 5.02 Å². The van der Waals surface area contributed by atoms with E-state index in [1.165, 1.54) is 12.1 Å². The number of rotatable bonds is 12. The number of hydrogen-bond acceptors (Lipinski definition) is 11. The largest absolute Gasteiger partial charge is 2.00 e. The maximum absolute atomic E-state index is 12.6. The third kappa shape index (κ3) is 31.3. The molecule has 1 rings (SSSR count). The molecule has 40 heavy (non-hydrogen) atoms. The Balaban J connectivity index is -0.0000000653. The Morgan fingerprint density at radius 1 is 0.575 bits per heavy atom. The van der Waals surface area contributed by atoms with E-state index in [2.05, 4.69) is 0 Å². The summed E-state index contributed by atoms with van der Waals surface area (Å²) < 4.78 is 0. The zero-order valence-corrected chi connectivity index (χ0v) is 25.1. The zero-order valence-electron chi connectivity index (χ0n) is 20.4. The number of carboxylic acid groups (broad SMARTS) is 4. The molecular formula is C16H32ClCu2N2NaO18. The van der Waals surface area contributed by atoms with Crippen LogP contribution in [-0.4, -0.2) is 109 Å². The number of carboxylic acids is 4. The van der Waals surface area contributed by atoms with Gasteiger partial charge in [0.15, 0.2) is 0 Å². The molecule has 0 fully saturated rings. The van der Waals surface area contributed by atoms with Crippen molar-refractivity contribution in [3.63, 3.8) is 0 Å². The number of carbonyl (C=O) groups excluding carboxylic acids is 4. The maximum Gasteiger partial charge on any atom is 2.00 e. The minimum absolute atomic E-state index is 0. The van der Waals surface area contributed by atoms with Crippen LogP contribution in [0.4, 0.5) is 0 Å². The Hall–Kier alpha value is -1.21. The van der Waals surface area contributed by atoms with E-state index < -0.39 is 68.9 Å². The van der Waals surface area contributed by atoms with Crippen LogP contribution in [0, 0.1) is 0 Å². The molecule has 18 N–H and O–H groups in total. The number of hydrogen-bond donors (Lipinski definition) is 0. The van der Waals surface area contributed by atoms with Gasteiger partial charge < -0.3 is 94.0 Å². The number of aliphatic carboxylic acids is 4. The van der Waals surface area contributed by atoms with Crippen LogP contribution in [0.5, 0.6) is 5.75 Å². The predicted octanol–water partition coefficient (Wildman–Crippen LogP) is -16.4. The standard InChI is InChI=1S/C16H19ClN2O9.2Cu.Na.9H2O/c17-11-1-9(3-18(5-12(20)21)6-13(22)23)16(28)10(2-11)4-19(7-14(24)25)8-15(26)27;;;;;;;;;;;;/h1-2,28H,3-8H2,(H,20,21)(H,22,23)(H,24,25)(H,26,27);;;;9*1H2/q;2*+2;+1;;;;;;;;;/p-5. The topological polar surface area (TPSA) is 474 Å². The van der Waals surface area contributed by atoms with Gasteiger partial charge >= 0.3 is 63.7 Å². The number of nitrogens with zero attached hydrogens (tertiary/aromatic N) is 2. The zero-order chi connectivity index (χ0) is 21.4. The second-order valence-electron chi connectivity index (χ2n) is 5.83. The van der Waals surface area contributed by atoms with E-state index in [0.29, 0.717) is 0 Å². The van der Waals surface area contributed by atoms with Crippen molar-refractivity contribution in [1.82, 2.24) is 9.80 Å². The summed E-state index contributed by atoms with van der Waals surface area (Å²) in [6, 6.07) is 2.37. The van der Waals surface area contributed by atoms with Crippen molar-refractivity contribution in [1.29, 1.82) is 0 Å². The van der Waals surface area contributed by atoms with Gasteiger partial charge in [0.2, 0.25) is 0 Å². The van der Waals surface area contributed by atoms with E-state index in [-0.39, 0.29) is 129 Å². The fraction of sp³-hybridized carbons (Fsp3) is 0.375. The first-order valence-electron chi connectivity index (χ1n) is 7.70. The molecule has 20 nitrogen and oxygen atoms in total. The van der Waals surface area contributed by atoms with Crippen molar-refractivity contribution in [2.45, 2.75) is 13.1 Å². The summed E-state index contributed by atoms with van der Waals surface area (Å²) in [5, 5.41) is 55.6. The molecule has 0 saturated carbocycles. The van der Waals surface area contributed by atoms with E-state index >= 15 is 0 Å². The first kappa shape index (κ1) is 77.2. The van der Waals surface area contributed by atoms with E-state index in [1.54, 1.807) is 0 Å². The minimum Gasteiger partial charge on any atom is -0.872 e. The van der Waals surface area contributed by atoms with Gasteiger partial charge in [-0.1, -0.05) is 17.4 Å². The summed E-state index contributed by atoms with van der Waals surface area (Å²) >= 11 is 5.92. The van der Waals surface area contributed by atoms with Crippen LogP contribution < -0.4 is 55.1 Å². The van der Waals surface area contributed by atoms with Crippen LogP contribution >= 0.6 is 11.6 Å². The smallest absolute Gasteiger partial charge is 0.872 e. The molecule has 0 aromatic heterocycles. The normalized spacial score (nSPS) is 7.67. The molecule has 0 spiro atoms. The second kappa shape index (κ2) is 37.8. The number of benzene rings is 1. The molecule has 0 atom stereocenters. The fourth-order valence-electron chi connectivity index (χ4n) is 2.49. The monoisotopic (exact) mass is 724 g/mol. The van der Waals surface area contributed by atoms with Crippen LogP contribution in [0.1, 0.15) is 11.1 Å². The van der Waals surface area contributed by atoms with Crippen LogP contribution in [-0.2, 0) is 66.4 Å². The van der Waals surface area contributed by atoms with Gasteiger partial charge in [0.25, 0.3) is 0 Å². The molecule has 0 aliphatic rings. The van der Waals surface area contributed by atoms with E-state index in [9.17, 15) is 44.7 Å². The van der Waals surface area contributed by atoms with Crippen LogP contribution in [0.15, 0.2) is 12.1 Å². The van der Waals surface area contributed by atoms with Gasteiger partial charge in [0.1, 0.15) is 0 Å². The molecule has 2 radical (unpaired) electrons. The molecule has 244 valence electrons. The van der Waals surface area contributed by atoms with Crippen LogP contribution in [0.25, 0.3) is 0 Å². The van der Waals surface area contributed by atoms with Crippen LogP contribution in [0.3, 0.4) is 0 Å². The Labute approximate surface area is 274 Å². The quantitative estimate of drug-likeness (QED) is 0.182. The average Bonchev–Trinajstić information content (AvgIpc) is 2.49. The molecule has 0 aliphatic heterocycles. The molecule has 0 bridgehead atoms. The summed E-state index contributed by atoms with van der Waals surface area (Å²) in [5.74, 6) is -7.00. The van der Waals surface area contributed by atoms with Gasteiger partial charge in [-0.15, -0.1) is 0 Å². The third-order valence-electron chi connectivity index (χ3n) is 3.41. The van der Waals surface area contributed by atoms with Gasteiger partial charge in [0.05, 0.1) is 23.9 Å². The number of halogens is 1. The Bertz CT molecular complexity index is 707. The van der Waals surface area contributed by atoms with Crippen molar-refractivity contribution < 1.29 is 158 Å². The molecule has 0 amide bonds. The summed E-state index contributed by atoms with van der Waals surface area (Å²) in [4.78, 5) is 44.7. The summed E-state index contributed by atoms with van der Waals surface area (Å²) in [7, 11) is 0. The summed E-state index contributed by atoms with van der Waals surface area (Å²) in [5.41, 5.74) is -0.154. The molecule has 0 unspecified atom stereocenters. The fourth-order valence-corrected chi connectivity index (χ4v) is 2.76. The SMILES string of the molecule is O.O.O.O.O.O.O.O.O.O=C([O-])CN(CC(=O)[O-])Cc1cc(Cl)cc(CN(CC(=O)[O-])CC(=O)[O-])c1[O-].[Cu+2].[Cu+2].[Na+]. The predicted molar refractivity (Wildman–Crippen MR) is 114 cm³/mol. The molecule has 1 aromatic carbocycles. The molecule has 24 heteroatoms. The van der Waals surface area contributed by atoms with Crippen molar-refractivity contribution in [3.05, 3.63) is 28.3 Å².